The first-order chi connectivity index (χ1) is 13.5. The van der Waals surface area contributed by atoms with E-state index in [1.807, 2.05) is 0 Å². The number of aryl methyl sites for hydroxylation is 1. The predicted molar refractivity (Wildman–Crippen MR) is 113 cm³/mol. The summed E-state index contributed by atoms with van der Waals surface area (Å²) < 4.78 is 0. The van der Waals surface area contributed by atoms with Gasteiger partial charge in [-0.05, 0) is 159 Å². The molecule has 0 saturated heterocycles. The Morgan fingerprint density at radius 3 is 1.46 bits per heavy atom. The average molecular weight is 377 g/mol. The van der Waals surface area contributed by atoms with Crippen LogP contribution in [0.3, 0.4) is 0 Å². The van der Waals surface area contributed by atoms with Crippen molar-refractivity contribution in [2.75, 3.05) is 0 Å². The first kappa shape index (κ1) is 16.8. The van der Waals surface area contributed by atoms with Gasteiger partial charge in [-0.3, -0.25) is 0 Å². The summed E-state index contributed by atoms with van der Waals surface area (Å²) in [7, 11) is 0. The molecule has 0 atom stereocenters. The maximum atomic E-state index is 10.7. The summed E-state index contributed by atoms with van der Waals surface area (Å²) in [6.07, 6.45) is 17.7. The summed E-state index contributed by atoms with van der Waals surface area (Å²) in [6.45, 7) is 2.33. The normalized spacial score (nSPS) is 50.5. The summed E-state index contributed by atoms with van der Waals surface area (Å²) in [5, 5.41) is 10.7. The second kappa shape index (κ2) is 5.38. The molecule has 1 aromatic carbocycles. The van der Waals surface area contributed by atoms with Crippen LogP contribution in [-0.2, 0) is 10.8 Å². The smallest absolute Gasteiger partial charge is 0.116 e. The SMILES string of the molecule is Cc1cc(O)cc(C23CC4CC(CC(C4)C2)C3)c1C12CC3CC(CC(C3)C1)C2. The number of hydrogen-bond acceptors (Lipinski definition) is 1. The average Bonchev–Trinajstić information content (AvgIpc) is 2.58. The Labute approximate surface area is 170 Å². The van der Waals surface area contributed by atoms with Crippen LogP contribution in [-0.4, -0.2) is 5.11 Å². The molecule has 1 N–H and O–H groups in total. The first-order valence-corrected chi connectivity index (χ1v) is 12.3. The molecule has 0 radical (unpaired) electrons. The Bertz CT molecular complexity index is 762. The molecule has 8 fully saturated rings. The molecule has 0 aliphatic heterocycles. The summed E-state index contributed by atoms with van der Waals surface area (Å²) >= 11 is 0. The number of phenolic OH excluding ortho intramolecular Hbond substituents is 1. The Kier molecular flexibility index (Phi) is 3.22. The minimum absolute atomic E-state index is 0.400. The largest absolute Gasteiger partial charge is 0.508 e. The maximum absolute atomic E-state index is 10.7. The van der Waals surface area contributed by atoms with Gasteiger partial charge in [-0.2, -0.15) is 0 Å². The minimum Gasteiger partial charge on any atom is -0.508 e. The molecule has 0 spiro atoms. The zero-order valence-corrected chi connectivity index (χ0v) is 17.6. The van der Waals surface area contributed by atoms with Gasteiger partial charge >= 0.3 is 0 Å². The van der Waals surface area contributed by atoms with Crippen molar-refractivity contribution < 1.29 is 5.11 Å². The highest BCUT2D eigenvalue weighted by molar-refractivity contribution is 5.51. The number of phenols is 1. The van der Waals surface area contributed by atoms with E-state index in [4.69, 9.17) is 0 Å². The molecule has 8 bridgehead atoms. The molecule has 8 aliphatic carbocycles. The lowest BCUT2D eigenvalue weighted by Gasteiger charge is -2.61. The Hall–Kier alpha value is -0.980. The molecule has 0 heterocycles. The fraction of sp³-hybridized carbons (Fsp3) is 0.778. The van der Waals surface area contributed by atoms with Gasteiger partial charge in [0.2, 0.25) is 0 Å². The standard InChI is InChI=1S/C27H36O/c1-16-2-23(28)9-24(26-10-17-3-18(11-26)5-19(4-17)12-26)25(16)27-13-20-6-21(14-27)8-22(7-20)15-27/h2,9,17-22,28H,3-8,10-15H2,1H3. The highest BCUT2D eigenvalue weighted by Crippen LogP contribution is 2.66. The number of aromatic hydroxyl groups is 1. The summed E-state index contributed by atoms with van der Waals surface area (Å²) in [6, 6.07) is 4.38. The Morgan fingerprint density at radius 1 is 0.643 bits per heavy atom. The van der Waals surface area contributed by atoms with Crippen LogP contribution in [0.4, 0.5) is 0 Å². The van der Waals surface area contributed by atoms with Crippen LogP contribution in [0.1, 0.15) is 93.7 Å². The molecule has 1 heteroatoms. The molecule has 8 saturated carbocycles. The van der Waals surface area contributed by atoms with Crippen LogP contribution < -0.4 is 0 Å². The van der Waals surface area contributed by atoms with Crippen molar-refractivity contribution in [2.24, 2.45) is 35.5 Å². The lowest BCUT2D eigenvalue weighted by molar-refractivity contribution is -0.0177. The molecule has 150 valence electrons. The van der Waals surface area contributed by atoms with Crippen molar-refractivity contribution in [3.8, 4) is 5.75 Å². The third-order valence-electron chi connectivity index (χ3n) is 10.5. The van der Waals surface area contributed by atoms with Crippen molar-refractivity contribution in [3.05, 3.63) is 28.8 Å². The van der Waals surface area contributed by atoms with Crippen LogP contribution in [0, 0.1) is 42.4 Å². The van der Waals surface area contributed by atoms with E-state index in [0.717, 1.165) is 35.5 Å². The van der Waals surface area contributed by atoms with Gasteiger partial charge in [0.25, 0.3) is 0 Å². The predicted octanol–water partition coefficient (Wildman–Crippen LogP) is 6.64. The van der Waals surface area contributed by atoms with Gasteiger partial charge in [0.05, 0.1) is 0 Å². The van der Waals surface area contributed by atoms with E-state index in [9.17, 15) is 5.11 Å². The molecule has 0 amide bonds. The summed E-state index contributed by atoms with van der Waals surface area (Å²) in [5.74, 6) is 6.42. The van der Waals surface area contributed by atoms with Gasteiger partial charge in [-0.25, -0.2) is 0 Å². The second-order valence-electron chi connectivity index (χ2n) is 12.6. The molecule has 9 rings (SSSR count). The number of rotatable bonds is 2. The lowest BCUT2D eigenvalue weighted by atomic mass is 9.44. The van der Waals surface area contributed by atoms with Gasteiger partial charge in [0.15, 0.2) is 0 Å². The van der Waals surface area contributed by atoms with Crippen LogP contribution >= 0.6 is 0 Å². The third kappa shape index (κ3) is 2.20. The maximum Gasteiger partial charge on any atom is 0.116 e. The van der Waals surface area contributed by atoms with Crippen LogP contribution in [0.25, 0.3) is 0 Å². The van der Waals surface area contributed by atoms with Gasteiger partial charge < -0.3 is 5.11 Å². The fourth-order valence-electron chi connectivity index (χ4n) is 10.7. The van der Waals surface area contributed by atoms with Crippen molar-refractivity contribution >= 4 is 0 Å². The van der Waals surface area contributed by atoms with E-state index in [1.165, 1.54) is 82.6 Å². The second-order valence-corrected chi connectivity index (χ2v) is 12.6. The first-order valence-electron chi connectivity index (χ1n) is 12.3. The van der Waals surface area contributed by atoms with Gasteiger partial charge in [-0.1, -0.05) is 0 Å². The van der Waals surface area contributed by atoms with Crippen LogP contribution in [0.5, 0.6) is 5.75 Å². The van der Waals surface area contributed by atoms with Crippen molar-refractivity contribution in [2.45, 2.75) is 94.8 Å². The van der Waals surface area contributed by atoms with Crippen molar-refractivity contribution in [1.29, 1.82) is 0 Å². The van der Waals surface area contributed by atoms with E-state index in [2.05, 4.69) is 19.1 Å². The molecule has 28 heavy (non-hydrogen) atoms. The molecule has 1 nitrogen and oxygen atoms in total. The van der Waals surface area contributed by atoms with E-state index < -0.39 is 0 Å². The van der Waals surface area contributed by atoms with Crippen molar-refractivity contribution in [3.63, 3.8) is 0 Å². The highest BCUT2D eigenvalue weighted by Gasteiger charge is 2.57. The molecular weight excluding hydrogens is 340 g/mol. The molecule has 0 unspecified atom stereocenters. The number of benzene rings is 1. The van der Waals surface area contributed by atoms with Gasteiger partial charge in [0.1, 0.15) is 5.75 Å². The van der Waals surface area contributed by atoms with E-state index in [0.29, 0.717) is 16.6 Å². The van der Waals surface area contributed by atoms with E-state index in [-0.39, 0.29) is 0 Å². The minimum atomic E-state index is 0.400. The van der Waals surface area contributed by atoms with Gasteiger partial charge in [-0.15, -0.1) is 0 Å². The van der Waals surface area contributed by atoms with Crippen molar-refractivity contribution in [1.82, 2.24) is 0 Å². The molecule has 1 aromatic rings. The third-order valence-corrected chi connectivity index (χ3v) is 10.5. The molecular formula is C27H36O. The zero-order chi connectivity index (χ0) is 18.7. The summed E-state index contributed by atoms with van der Waals surface area (Å²) in [5.41, 5.74) is 5.67. The van der Waals surface area contributed by atoms with E-state index >= 15 is 0 Å². The lowest BCUT2D eigenvalue weighted by Crippen LogP contribution is -2.52. The monoisotopic (exact) mass is 376 g/mol. The molecule has 0 aromatic heterocycles. The Balaban J connectivity index is 1.41. The quantitative estimate of drug-likeness (QED) is 0.613. The zero-order valence-electron chi connectivity index (χ0n) is 17.6. The highest BCUT2D eigenvalue weighted by atomic mass is 16.3. The molecule has 8 aliphatic rings. The fourth-order valence-corrected chi connectivity index (χ4v) is 10.7. The van der Waals surface area contributed by atoms with E-state index in [1.54, 1.807) is 11.1 Å². The van der Waals surface area contributed by atoms with Gasteiger partial charge in [0, 0.05) is 0 Å². The number of hydrogen-bond donors (Lipinski definition) is 1. The topological polar surface area (TPSA) is 20.2 Å². The van der Waals surface area contributed by atoms with Crippen LogP contribution in [0.15, 0.2) is 12.1 Å². The summed E-state index contributed by atoms with van der Waals surface area (Å²) in [4.78, 5) is 0. The Morgan fingerprint density at radius 2 is 1.04 bits per heavy atom. The van der Waals surface area contributed by atoms with Crippen LogP contribution in [0.2, 0.25) is 0 Å².